The number of ether oxygens (including phenoxy) is 1. The number of rotatable bonds is 2. The van der Waals surface area contributed by atoms with Crippen molar-refractivity contribution in [2.75, 3.05) is 6.61 Å². The lowest BCUT2D eigenvalue weighted by Gasteiger charge is -2.13. The fourth-order valence-electron chi connectivity index (χ4n) is 2.69. The number of H-pyrrole nitrogens is 1. The smallest absolute Gasteiger partial charge is 0.287 e. The maximum atomic E-state index is 12.3. The second-order valence-electron chi connectivity index (χ2n) is 5.01. The zero-order chi connectivity index (χ0) is 14.6. The number of aromatic nitrogens is 5. The maximum absolute atomic E-state index is 12.3. The number of aromatic amines is 1. The van der Waals surface area contributed by atoms with Crippen LogP contribution in [0.2, 0.25) is 0 Å². The van der Waals surface area contributed by atoms with Gasteiger partial charge in [0.15, 0.2) is 5.52 Å². The summed E-state index contributed by atoms with van der Waals surface area (Å²) in [5, 5.41) is 19.0. The predicted octanol–water partition coefficient (Wildman–Crippen LogP) is -0.987. The van der Waals surface area contributed by atoms with Gasteiger partial charge in [0.25, 0.3) is 5.56 Å². The van der Waals surface area contributed by atoms with Gasteiger partial charge in [-0.15, -0.1) is 0 Å². The van der Waals surface area contributed by atoms with E-state index in [1.807, 2.05) is 0 Å². The van der Waals surface area contributed by atoms with Crippen molar-refractivity contribution in [1.29, 1.82) is 0 Å². The minimum Gasteiger partial charge on any atom is -0.394 e. The molecule has 1 aliphatic rings. The average molecular weight is 291 g/mol. The minimum atomic E-state index is -0.751. The number of nitrogens with one attached hydrogen (secondary N) is 1. The molecule has 0 spiro atoms. The van der Waals surface area contributed by atoms with E-state index in [0.717, 1.165) is 0 Å². The Bertz CT molecular complexity index is 865. The molecule has 0 aliphatic carbocycles. The Labute approximate surface area is 117 Å². The monoisotopic (exact) mass is 291 g/mol. The average Bonchev–Trinajstić information content (AvgIpc) is 3.16. The fraction of sp³-hybridized carbons (Fsp3) is 0.417. The van der Waals surface area contributed by atoms with Crippen LogP contribution in [0.5, 0.6) is 0 Å². The van der Waals surface area contributed by atoms with Gasteiger partial charge in [-0.25, -0.2) is 14.4 Å². The first-order valence-electron chi connectivity index (χ1n) is 6.55. The summed E-state index contributed by atoms with van der Waals surface area (Å²) in [6.45, 7) is -0.259. The molecule has 4 heterocycles. The first-order chi connectivity index (χ1) is 10.2. The number of fused-ring (bicyclic) bond motifs is 2. The largest absolute Gasteiger partial charge is 0.394 e. The zero-order valence-electron chi connectivity index (χ0n) is 10.9. The molecule has 1 saturated heterocycles. The van der Waals surface area contributed by atoms with Crippen LogP contribution in [0.4, 0.5) is 0 Å². The summed E-state index contributed by atoms with van der Waals surface area (Å²) in [6.07, 6.45) is 3.01. The summed E-state index contributed by atoms with van der Waals surface area (Å²) < 4.78 is 8.60. The van der Waals surface area contributed by atoms with E-state index in [4.69, 9.17) is 9.84 Å². The third-order valence-corrected chi connectivity index (χ3v) is 3.78. The molecule has 3 aromatic rings. The summed E-state index contributed by atoms with van der Waals surface area (Å²) in [5.41, 5.74) is 0.479. The molecule has 3 aromatic heterocycles. The topological polar surface area (TPSA) is 118 Å². The third kappa shape index (κ3) is 1.71. The van der Waals surface area contributed by atoms with Crippen molar-refractivity contribution >= 4 is 16.9 Å². The van der Waals surface area contributed by atoms with Gasteiger partial charge in [-0.3, -0.25) is 9.36 Å². The summed E-state index contributed by atoms with van der Waals surface area (Å²) in [7, 11) is 0. The Kier molecular flexibility index (Phi) is 2.61. The molecule has 9 heteroatoms. The molecule has 0 aromatic carbocycles. The van der Waals surface area contributed by atoms with Gasteiger partial charge in [0.1, 0.15) is 18.0 Å². The first kappa shape index (κ1) is 12.5. The molecule has 1 aliphatic heterocycles. The summed E-state index contributed by atoms with van der Waals surface area (Å²) >= 11 is 0. The van der Waals surface area contributed by atoms with Crippen LogP contribution in [-0.2, 0) is 4.74 Å². The van der Waals surface area contributed by atoms with Gasteiger partial charge in [-0.1, -0.05) is 0 Å². The molecule has 0 unspecified atom stereocenters. The van der Waals surface area contributed by atoms with Crippen molar-refractivity contribution in [2.45, 2.75) is 24.9 Å². The van der Waals surface area contributed by atoms with E-state index in [1.54, 1.807) is 10.8 Å². The highest BCUT2D eigenvalue weighted by Gasteiger charge is 2.35. The van der Waals surface area contributed by atoms with Gasteiger partial charge in [-0.2, -0.15) is 0 Å². The quantitative estimate of drug-likeness (QED) is 0.558. The third-order valence-electron chi connectivity index (χ3n) is 3.78. The van der Waals surface area contributed by atoms with E-state index in [1.165, 1.54) is 16.9 Å². The standard InChI is InChI=1S/C12H13N5O4/c18-4-7-6(19)3-8(21-7)17-5-14-9-10(17)15-12-13-1-2-16(12)11(9)20/h1-2,5-8,18-19H,3-4H2,(H,13,15)/t6-,7+,8+/m0/s1. The lowest BCUT2D eigenvalue weighted by atomic mass is 10.2. The molecule has 9 nitrogen and oxygen atoms in total. The molecule has 110 valence electrons. The van der Waals surface area contributed by atoms with Crippen LogP contribution < -0.4 is 5.56 Å². The number of nitrogens with zero attached hydrogens (tertiary/aromatic N) is 4. The Hall–Kier alpha value is -2.23. The minimum absolute atomic E-state index is 0.259. The van der Waals surface area contributed by atoms with Gasteiger partial charge in [0.05, 0.1) is 19.0 Å². The van der Waals surface area contributed by atoms with Gasteiger partial charge in [0, 0.05) is 18.8 Å². The van der Waals surface area contributed by atoms with Crippen LogP contribution in [-0.4, -0.2) is 52.9 Å². The Balaban J connectivity index is 1.87. The molecule has 4 rings (SSSR count). The normalized spacial score (nSPS) is 26.1. The second kappa shape index (κ2) is 4.38. The van der Waals surface area contributed by atoms with Crippen LogP contribution in [0, 0.1) is 0 Å². The molecular weight excluding hydrogens is 278 g/mol. The highest BCUT2D eigenvalue weighted by atomic mass is 16.5. The van der Waals surface area contributed by atoms with Gasteiger partial charge >= 0.3 is 0 Å². The van der Waals surface area contributed by atoms with Crippen molar-refractivity contribution in [3.63, 3.8) is 0 Å². The maximum Gasteiger partial charge on any atom is 0.287 e. The van der Waals surface area contributed by atoms with Crippen LogP contribution in [0.15, 0.2) is 23.5 Å². The Morgan fingerprint density at radius 1 is 1.48 bits per heavy atom. The lowest BCUT2D eigenvalue weighted by Crippen LogP contribution is -2.24. The van der Waals surface area contributed by atoms with Crippen LogP contribution in [0.3, 0.4) is 0 Å². The van der Waals surface area contributed by atoms with E-state index >= 15 is 0 Å². The number of imidazole rings is 2. The van der Waals surface area contributed by atoms with E-state index in [2.05, 4.69) is 15.0 Å². The summed E-state index contributed by atoms with van der Waals surface area (Å²) in [6, 6.07) is 0. The van der Waals surface area contributed by atoms with E-state index < -0.39 is 18.4 Å². The Morgan fingerprint density at radius 2 is 2.33 bits per heavy atom. The predicted molar refractivity (Wildman–Crippen MR) is 70.7 cm³/mol. The highest BCUT2D eigenvalue weighted by Crippen LogP contribution is 2.30. The van der Waals surface area contributed by atoms with Crippen molar-refractivity contribution in [3.8, 4) is 0 Å². The molecule has 3 N–H and O–H groups in total. The van der Waals surface area contributed by atoms with Gasteiger partial charge in [-0.05, 0) is 0 Å². The van der Waals surface area contributed by atoms with Crippen LogP contribution >= 0.6 is 0 Å². The van der Waals surface area contributed by atoms with Gasteiger partial charge in [0.2, 0.25) is 5.78 Å². The summed E-state index contributed by atoms with van der Waals surface area (Å²) in [4.78, 5) is 23.5. The molecule has 0 amide bonds. The van der Waals surface area contributed by atoms with E-state index in [-0.39, 0.29) is 17.7 Å². The molecular formula is C12H13N5O4. The highest BCUT2D eigenvalue weighted by molar-refractivity contribution is 5.71. The number of aliphatic hydroxyl groups is 2. The van der Waals surface area contributed by atoms with E-state index in [9.17, 15) is 9.90 Å². The van der Waals surface area contributed by atoms with Crippen LogP contribution in [0.1, 0.15) is 12.6 Å². The SMILES string of the molecule is O=c1c2ncn([C@H]3C[C@H](O)[C@@H](CO)O3)c2[nH]c2nccn12. The fourth-order valence-corrected chi connectivity index (χ4v) is 2.69. The van der Waals surface area contributed by atoms with Crippen molar-refractivity contribution < 1.29 is 14.9 Å². The van der Waals surface area contributed by atoms with Crippen molar-refractivity contribution in [1.82, 2.24) is 23.9 Å². The molecule has 21 heavy (non-hydrogen) atoms. The lowest BCUT2D eigenvalue weighted by molar-refractivity contribution is -0.0432. The van der Waals surface area contributed by atoms with Gasteiger partial charge < -0.3 is 19.9 Å². The molecule has 0 radical (unpaired) electrons. The second-order valence-corrected chi connectivity index (χ2v) is 5.01. The molecule has 0 saturated carbocycles. The number of hydrogen-bond donors (Lipinski definition) is 3. The van der Waals surface area contributed by atoms with E-state index in [0.29, 0.717) is 17.8 Å². The Morgan fingerprint density at radius 3 is 3.10 bits per heavy atom. The molecule has 3 atom stereocenters. The first-order valence-corrected chi connectivity index (χ1v) is 6.55. The number of aliphatic hydroxyl groups excluding tert-OH is 2. The molecule has 0 bridgehead atoms. The van der Waals surface area contributed by atoms with Crippen molar-refractivity contribution in [2.24, 2.45) is 0 Å². The molecule has 1 fully saturated rings. The van der Waals surface area contributed by atoms with Crippen LogP contribution in [0.25, 0.3) is 16.9 Å². The summed E-state index contributed by atoms with van der Waals surface area (Å²) in [5.74, 6) is 0.409. The zero-order valence-corrected chi connectivity index (χ0v) is 10.9. The van der Waals surface area contributed by atoms with Crippen molar-refractivity contribution in [3.05, 3.63) is 29.1 Å². The number of hydrogen-bond acceptors (Lipinski definition) is 6.